The van der Waals surface area contributed by atoms with E-state index >= 15 is 0 Å². The predicted octanol–water partition coefficient (Wildman–Crippen LogP) is 2.34. The molecule has 0 fully saturated rings. The lowest BCUT2D eigenvalue weighted by Crippen LogP contribution is -2.17. The molecule has 0 saturated heterocycles. The van der Waals surface area contributed by atoms with E-state index in [1.54, 1.807) is 10.9 Å². The lowest BCUT2D eigenvalue weighted by atomic mass is 10.1. The molecular formula is C11H11ClN4OS. The number of nitrogens with zero attached hydrogens (tertiary/aromatic N) is 3. The van der Waals surface area contributed by atoms with E-state index < -0.39 is 0 Å². The Morgan fingerprint density at radius 1 is 1.56 bits per heavy atom. The number of amidine groups is 1. The smallest absolute Gasteiger partial charge is 0.173 e. The highest BCUT2D eigenvalue weighted by molar-refractivity contribution is 7.98. The second-order valence-electron chi connectivity index (χ2n) is 3.44. The molecule has 18 heavy (non-hydrogen) atoms. The van der Waals surface area contributed by atoms with Gasteiger partial charge < -0.3 is 10.9 Å². The third-order valence-corrected chi connectivity index (χ3v) is 3.36. The van der Waals surface area contributed by atoms with E-state index in [0.29, 0.717) is 16.3 Å². The van der Waals surface area contributed by atoms with Crippen molar-refractivity contribution in [1.82, 2.24) is 9.78 Å². The Balaban J connectivity index is 2.67. The molecule has 0 unspecified atom stereocenters. The van der Waals surface area contributed by atoms with Gasteiger partial charge in [-0.3, -0.25) is 0 Å². The summed E-state index contributed by atoms with van der Waals surface area (Å²) in [5.41, 5.74) is 7.07. The zero-order valence-corrected chi connectivity index (χ0v) is 11.1. The first-order valence-corrected chi connectivity index (χ1v) is 6.63. The third-order valence-electron chi connectivity index (χ3n) is 2.39. The van der Waals surface area contributed by atoms with Crippen LogP contribution in [-0.4, -0.2) is 27.1 Å². The van der Waals surface area contributed by atoms with Crippen molar-refractivity contribution in [2.45, 2.75) is 4.90 Å². The van der Waals surface area contributed by atoms with Crippen LogP contribution in [0.15, 0.2) is 40.6 Å². The number of halogens is 1. The van der Waals surface area contributed by atoms with Crippen molar-refractivity contribution in [3.05, 3.63) is 41.2 Å². The summed E-state index contributed by atoms with van der Waals surface area (Å²) >= 11 is 7.36. The van der Waals surface area contributed by atoms with Gasteiger partial charge in [-0.2, -0.15) is 5.10 Å². The molecular weight excluding hydrogens is 272 g/mol. The van der Waals surface area contributed by atoms with Crippen LogP contribution in [0, 0.1) is 0 Å². The van der Waals surface area contributed by atoms with Crippen molar-refractivity contribution >= 4 is 29.2 Å². The molecule has 0 aliphatic carbocycles. The number of thioether (sulfide) groups is 1. The highest BCUT2D eigenvalue weighted by Crippen LogP contribution is 2.26. The normalized spacial score (nSPS) is 11.8. The molecule has 2 rings (SSSR count). The molecule has 0 radical (unpaired) electrons. The molecule has 0 aliphatic heterocycles. The van der Waals surface area contributed by atoms with Gasteiger partial charge in [-0.05, 0) is 18.4 Å². The second kappa shape index (κ2) is 5.32. The Hall–Kier alpha value is -1.66. The monoisotopic (exact) mass is 282 g/mol. The minimum Gasteiger partial charge on any atom is -0.409 e. The number of aromatic nitrogens is 2. The van der Waals surface area contributed by atoms with Crippen LogP contribution in [-0.2, 0) is 0 Å². The lowest BCUT2D eigenvalue weighted by Gasteiger charge is -2.11. The second-order valence-corrected chi connectivity index (χ2v) is 4.73. The van der Waals surface area contributed by atoms with Crippen molar-refractivity contribution in [3.63, 3.8) is 0 Å². The quantitative estimate of drug-likeness (QED) is 0.298. The number of nitrogens with two attached hydrogens (primary N) is 1. The van der Waals surface area contributed by atoms with Crippen LogP contribution < -0.4 is 5.73 Å². The van der Waals surface area contributed by atoms with Crippen LogP contribution in [0.2, 0.25) is 5.02 Å². The van der Waals surface area contributed by atoms with Crippen LogP contribution in [0.25, 0.3) is 5.69 Å². The highest BCUT2D eigenvalue weighted by Gasteiger charge is 2.14. The van der Waals surface area contributed by atoms with Gasteiger partial charge in [0.15, 0.2) is 5.84 Å². The van der Waals surface area contributed by atoms with Crippen molar-refractivity contribution < 1.29 is 5.21 Å². The van der Waals surface area contributed by atoms with E-state index in [-0.39, 0.29) is 5.84 Å². The van der Waals surface area contributed by atoms with Crippen molar-refractivity contribution in [2.75, 3.05) is 6.26 Å². The summed E-state index contributed by atoms with van der Waals surface area (Å²) < 4.78 is 1.59. The van der Waals surface area contributed by atoms with E-state index in [0.717, 1.165) is 4.90 Å². The summed E-state index contributed by atoms with van der Waals surface area (Å²) in [5.74, 6) is 0.0431. The summed E-state index contributed by atoms with van der Waals surface area (Å²) in [4.78, 5) is 0.898. The summed E-state index contributed by atoms with van der Waals surface area (Å²) in [6.45, 7) is 0. The Labute approximate surface area is 113 Å². The molecule has 1 aromatic heterocycles. The van der Waals surface area contributed by atoms with Crippen LogP contribution in [0.1, 0.15) is 5.56 Å². The topological polar surface area (TPSA) is 76.4 Å². The molecule has 0 saturated carbocycles. The fourth-order valence-electron chi connectivity index (χ4n) is 1.62. The van der Waals surface area contributed by atoms with Crippen molar-refractivity contribution in [3.8, 4) is 5.69 Å². The van der Waals surface area contributed by atoms with Crippen molar-refractivity contribution in [2.24, 2.45) is 10.9 Å². The molecule has 0 spiro atoms. The molecule has 0 aliphatic rings. The van der Waals surface area contributed by atoms with E-state index in [1.165, 1.54) is 18.0 Å². The van der Waals surface area contributed by atoms with Crippen LogP contribution >= 0.6 is 23.4 Å². The summed E-state index contributed by atoms with van der Waals surface area (Å²) in [6.07, 6.45) is 5.11. The van der Waals surface area contributed by atoms with E-state index in [9.17, 15) is 0 Å². The maximum atomic E-state index is 8.88. The molecule has 0 amide bonds. The molecule has 5 nitrogen and oxygen atoms in total. The Bertz CT molecular complexity index is 596. The Kier molecular flexibility index (Phi) is 3.78. The lowest BCUT2D eigenvalue weighted by molar-refractivity contribution is 0.318. The predicted molar refractivity (Wildman–Crippen MR) is 72.9 cm³/mol. The largest absolute Gasteiger partial charge is 0.409 e. The zero-order valence-electron chi connectivity index (χ0n) is 9.54. The number of rotatable bonds is 3. The van der Waals surface area contributed by atoms with Crippen LogP contribution in [0.5, 0.6) is 0 Å². The molecule has 0 atom stereocenters. The third kappa shape index (κ3) is 2.30. The molecule has 2 aromatic rings. The van der Waals surface area contributed by atoms with Crippen molar-refractivity contribution in [1.29, 1.82) is 0 Å². The van der Waals surface area contributed by atoms with Gasteiger partial charge in [-0.15, -0.1) is 11.8 Å². The fourth-order valence-corrected chi connectivity index (χ4v) is 2.38. The molecule has 94 valence electrons. The number of hydrogen-bond acceptors (Lipinski definition) is 4. The Morgan fingerprint density at radius 3 is 2.89 bits per heavy atom. The van der Waals surface area contributed by atoms with Gasteiger partial charge in [-0.25, -0.2) is 4.68 Å². The fraction of sp³-hybridized carbons (Fsp3) is 0.0909. The first-order chi connectivity index (χ1) is 8.67. The molecule has 7 heteroatoms. The van der Waals surface area contributed by atoms with Crippen LogP contribution in [0.4, 0.5) is 0 Å². The molecule has 0 bridgehead atoms. The summed E-state index contributed by atoms with van der Waals surface area (Å²) in [6, 6.07) is 5.61. The average Bonchev–Trinajstić information content (AvgIpc) is 2.83. The van der Waals surface area contributed by atoms with Gasteiger partial charge in [0.2, 0.25) is 0 Å². The molecule has 1 heterocycles. The summed E-state index contributed by atoms with van der Waals surface area (Å²) in [5, 5.41) is 16.6. The van der Waals surface area contributed by atoms with E-state index in [1.807, 2.05) is 24.5 Å². The maximum absolute atomic E-state index is 8.88. The first kappa shape index (κ1) is 12.8. The highest BCUT2D eigenvalue weighted by atomic mass is 35.5. The molecule has 3 N–H and O–H groups in total. The number of benzene rings is 1. The minimum atomic E-state index is 0.0431. The maximum Gasteiger partial charge on any atom is 0.173 e. The minimum absolute atomic E-state index is 0.0431. The molecule has 1 aromatic carbocycles. The van der Waals surface area contributed by atoms with Gasteiger partial charge in [0, 0.05) is 11.1 Å². The average molecular weight is 283 g/mol. The Morgan fingerprint density at radius 2 is 2.33 bits per heavy atom. The van der Waals surface area contributed by atoms with E-state index in [4.69, 9.17) is 22.5 Å². The van der Waals surface area contributed by atoms with E-state index in [2.05, 4.69) is 10.3 Å². The standard InChI is InChI=1S/C11H11ClN4OS/c1-18-9-4-2-3-8(10(9)11(13)15-17)16-6-7(12)5-14-16/h2-6,17H,1H3,(H2,13,15). The zero-order chi connectivity index (χ0) is 13.1. The van der Waals surface area contributed by atoms with Gasteiger partial charge in [0.1, 0.15) is 0 Å². The van der Waals surface area contributed by atoms with Gasteiger partial charge in [0.25, 0.3) is 0 Å². The van der Waals surface area contributed by atoms with Gasteiger partial charge in [0.05, 0.1) is 22.5 Å². The van der Waals surface area contributed by atoms with Gasteiger partial charge >= 0.3 is 0 Å². The van der Waals surface area contributed by atoms with Gasteiger partial charge in [-0.1, -0.05) is 22.8 Å². The van der Waals surface area contributed by atoms with Crippen LogP contribution in [0.3, 0.4) is 0 Å². The summed E-state index contributed by atoms with van der Waals surface area (Å²) in [7, 11) is 0. The SMILES string of the molecule is CSc1cccc(-n2cc(Cl)cn2)c1/C(N)=N/O. The number of hydrogen-bond donors (Lipinski definition) is 2. The first-order valence-electron chi connectivity index (χ1n) is 5.03. The number of oxime groups is 1.